The van der Waals surface area contributed by atoms with Crippen LogP contribution in [0.15, 0.2) is 66.7 Å². The zero-order valence-electron chi connectivity index (χ0n) is 18.4. The molecule has 2 N–H and O–H groups in total. The Morgan fingerprint density at radius 2 is 1.79 bits per heavy atom. The summed E-state index contributed by atoms with van der Waals surface area (Å²) in [6.07, 6.45) is 1.32. The van der Waals surface area contributed by atoms with Crippen LogP contribution >= 0.6 is 0 Å². The molecule has 1 spiro atoms. The molecule has 2 heterocycles. The van der Waals surface area contributed by atoms with Crippen LogP contribution < -0.4 is 15.5 Å². The smallest absolute Gasteiger partial charge is 0.251 e. The third-order valence-electron chi connectivity index (χ3n) is 6.87. The van der Waals surface area contributed by atoms with E-state index in [1.165, 1.54) is 12.1 Å². The van der Waals surface area contributed by atoms with E-state index in [2.05, 4.69) is 15.5 Å². The number of halogens is 1. The van der Waals surface area contributed by atoms with Crippen molar-refractivity contribution in [3.8, 4) is 0 Å². The van der Waals surface area contributed by atoms with E-state index in [0.717, 1.165) is 36.1 Å². The molecule has 7 heteroatoms. The van der Waals surface area contributed by atoms with Crippen molar-refractivity contribution in [2.24, 2.45) is 0 Å². The van der Waals surface area contributed by atoms with Gasteiger partial charge in [-0.25, -0.2) is 4.39 Å². The highest BCUT2D eigenvalue weighted by Crippen LogP contribution is 2.36. The van der Waals surface area contributed by atoms with Gasteiger partial charge in [-0.3, -0.25) is 9.59 Å². The van der Waals surface area contributed by atoms with Crippen LogP contribution in [0.25, 0.3) is 10.8 Å². The Morgan fingerprint density at radius 3 is 2.58 bits per heavy atom. The fourth-order valence-corrected chi connectivity index (χ4v) is 4.98. The molecule has 0 aromatic heterocycles. The van der Waals surface area contributed by atoms with E-state index in [9.17, 15) is 14.0 Å². The number of anilines is 1. The molecule has 0 unspecified atom stereocenters. The lowest BCUT2D eigenvalue weighted by Crippen LogP contribution is -2.57. The van der Waals surface area contributed by atoms with Crippen LogP contribution in [-0.2, 0) is 4.79 Å². The number of carbonyl (C=O) groups is 2. The molecule has 33 heavy (non-hydrogen) atoms. The molecule has 0 saturated carbocycles. The van der Waals surface area contributed by atoms with E-state index in [4.69, 9.17) is 0 Å². The lowest BCUT2D eigenvalue weighted by molar-refractivity contribution is -0.125. The number of rotatable bonds is 5. The SMILES string of the molecule is O=C(NCCN1CCC2(CC1)C(=O)NCN2c1cccc(F)c1)c1ccc2ccccc2c1. The Labute approximate surface area is 192 Å². The summed E-state index contributed by atoms with van der Waals surface area (Å²) in [7, 11) is 0. The van der Waals surface area contributed by atoms with Crippen molar-refractivity contribution in [2.45, 2.75) is 18.4 Å². The highest BCUT2D eigenvalue weighted by Gasteiger charge is 2.50. The van der Waals surface area contributed by atoms with Crippen molar-refractivity contribution in [1.82, 2.24) is 15.5 Å². The Balaban J connectivity index is 1.16. The van der Waals surface area contributed by atoms with Gasteiger partial charge in [0.25, 0.3) is 5.91 Å². The van der Waals surface area contributed by atoms with Crippen molar-refractivity contribution in [3.05, 3.63) is 78.1 Å². The molecule has 0 bridgehead atoms. The van der Waals surface area contributed by atoms with Crippen molar-refractivity contribution >= 4 is 28.3 Å². The van der Waals surface area contributed by atoms with E-state index in [-0.39, 0.29) is 17.6 Å². The Bertz CT molecular complexity index is 1190. The largest absolute Gasteiger partial charge is 0.351 e. The van der Waals surface area contributed by atoms with E-state index in [1.807, 2.05) is 53.4 Å². The molecule has 2 aliphatic heterocycles. The molecule has 2 saturated heterocycles. The fourth-order valence-electron chi connectivity index (χ4n) is 4.98. The summed E-state index contributed by atoms with van der Waals surface area (Å²) in [5, 5.41) is 8.11. The zero-order chi connectivity index (χ0) is 22.8. The minimum absolute atomic E-state index is 0.0102. The van der Waals surface area contributed by atoms with Crippen LogP contribution in [0.4, 0.5) is 10.1 Å². The van der Waals surface area contributed by atoms with Gasteiger partial charge >= 0.3 is 0 Å². The monoisotopic (exact) mass is 446 g/mol. The maximum atomic E-state index is 13.8. The first-order chi connectivity index (χ1) is 16.0. The molecule has 0 radical (unpaired) electrons. The van der Waals surface area contributed by atoms with E-state index in [0.29, 0.717) is 31.6 Å². The standard InChI is InChI=1S/C26H27FN4O2/c27-22-6-3-7-23(17-22)31-18-29-25(33)26(31)10-13-30(14-11-26)15-12-28-24(32)21-9-8-19-4-1-2-5-20(19)16-21/h1-9,16-17H,10-15,18H2,(H,28,32)(H,29,33). The first-order valence-electron chi connectivity index (χ1n) is 11.4. The molecule has 5 rings (SSSR count). The Morgan fingerprint density at radius 1 is 1.00 bits per heavy atom. The molecule has 3 aromatic carbocycles. The average Bonchev–Trinajstić information content (AvgIpc) is 3.15. The van der Waals surface area contributed by atoms with Crippen LogP contribution in [0.3, 0.4) is 0 Å². The third-order valence-corrected chi connectivity index (χ3v) is 6.87. The van der Waals surface area contributed by atoms with Crippen LogP contribution in [0.2, 0.25) is 0 Å². The molecule has 0 atom stereocenters. The molecule has 3 aromatic rings. The lowest BCUT2D eigenvalue weighted by atomic mass is 9.85. The first kappa shape index (κ1) is 21.4. The number of amides is 2. The van der Waals surface area contributed by atoms with Gasteiger partial charge < -0.3 is 20.4 Å². The predicted octanol–water partition coefficient (Wildman–Crippen LogP) is 3.14. The molecule has 2 amide bonds. The Hall–Kier alpha value is -3.45. The number of hydrogen-bond donors (Lipinski definition) is 2. The number of fused-ring (bicyclic) bond motifs is 1. The van der Waals surface area contributed by atoms with Gasteiger partial charge in [0.15, 0.2) is 0 Å². The molecule has 170 valence electrons. The van der Waals surface area contributed by atoms with Crippen LogP contribution in [-0.4, -0.2) is 55.1 Å². The first-order valence-corrected chi connectivity index (χ1v) is 11.4. The third kappa shape index (κ3) is 4.16. The molecule has 2 aliphatic rings. The number of benzene rings is 3. The maximum Gasteiger partial charge on any atom is 0.251 e. The van der Waals surface area contributed by atoms with E-state index in [1.54, 1.807) is 6.07 Å². The highest BCUT2D eigenvalue weighted by molar-refractivity contribution is 5.98. The quantitative estimate of drug-likeness (QED) is 0.632. The second-order valence-corrected chi connectivity index (χ2v) is 8.76. The molecule has 0 aliphatic carbocycles. The van der Waals surface area contributed by atoms with E-state index < -0.39 is 5.54 Å². The van der Waals surface area contributed by atoms with Crippen molar-refractivity contribution < 1.29 is 14.0 Å². The minimum Gasteiger partial charge on any atom is -0.351 e. The van der Waals surface area contributed by atoms with Gasteiger partial charge in [0.2, 0.25) is 5.91 Å². The highest BCUT2D eigenvalue weighted by atomic mass is 19.1. The number of nitrogens with one attached hydrogen (secondary N) is 2. The fraction of sp³-hybridized carbons (Fsp3) is 0.308. The van der Waals surface area contributed by atoms with Gasteiger partial charge in [-0.2, -0.15) is 0 Å². The van der Waals surface area contributed by atoms with Gasteiger partial charge in [-0.1, -0.05) is 36.4 Å². The number of nitrogens with zero attached hydrogens (tertiary/aromatic N) is 2. The van der Waals surface area contributed by atoms with Gasteiger partial charge in [0.1, 0.15) is 11.4 Å². The van der Waals surface area contributed by atoms with Gasteiger partial charge in [0, 0.05) is 37.4 Å². The summed E-state index contributed by atoms with van der Waals surface area (Å²) in [5.74, 6) is -0.376. The summed E-state index contributed by atoms with van der Waals surface area (Å²) >= 11 is 0. The lowest BCUT2D eigenvalue weighted by Gasteiger charge is -2.43. The number of hydrogen-bond acceptors (Lipinski definition) is 4. The number of carbonyl (C=O) groups excluding carboxylic acids is 2. The normalized spacial score (nSPS) is 18.0. The van der Waals surface area contributed by atoms with Crippen molar-refractivity contribution in [1.29, 1.82) is 0 Å². The maximum absolute atomic E-state index is 13.8. The molecular weight excluding hydrogens is 419 g/mol. The number of likely N-dealkylation sites (tertiary alicyclic amines) is 1. The van der Waals surface area contributed by atoms with E-state index >= 15 is 0 Å². The van der Waals surface area contributed by atoms with Crippen molar-refractivity contribution in [2.75, 3.05) is 37.7 Å². The molecule has 2 fully saturated rings. The summed E-state index contributed by atoms with van der Waals surface area (Å²) in [5.41, 5.74) is 0.739. The van der Waals surface area contributed by atoms with Crippen molar-refractivity contribution in [3.63, 3.8) is 0 Å². The van der Waals surface area contributed by atoms with Gasteiger partial charge in [-0.05, 0) is 53.9 Å². The van der Waals surface area contributed by atoms with Gasteiger partial charge in [0.05, 0.1) is 6.67 Å². The molecular formula is C26H27FN4O2. The summed E-state index contributed by atoms with van der Waals surface area (Å²) in [4.78, 5) is 29.6. The average molecular weight is 447 g/mol. The van der Waals surface area contributed by atoms with Crippen LogP contribution in [0, 0.1) is 5.82 Å². The number of piperidine rings is 1. The second kappa shape index (κ2) is 8.83. The zero-order valence-corrected chi connectivity index (χ0v) is 18.4. The Kier molecular flexibility index (Phi) is 5.72. The topological polar surface area (TPSA) is 64.7 Å². The predicted molar refractivity (Wildman–Crippen MR) is 127 cm³/mol. The second-order valence-electron chi connectivity index (χ2n) is 8.76. The summed E-state index contributed by atoms with van der Waals surface area (Å²) < 4.78 is 13.8. The van der Waals surface area contributed by atoms with Gasteiger partial charge in [-0.15, -0.1) is 0 Å². The summed E-state index contributed by atoms with van der Waals surface area (Å²) in [6.45, 7) is 3.13. The van der Waals surface area contributed by atoms with Crippen LogP contribution in [0.1, 0.15) is 23.2 Å². The molecule has 6 nitrogen and oxygen atoms in total. The minimum atomic E-state index is -0.640. The van der Waals surface area contributed by atoms with Crippen LogP contribution in [0.5, 0.6) is 0 Å². The summed E-state index contributed by atoms with van der Waals surface area (Å²) in [6, 6.07) is 20.1.